The predicted molar refractivity (Wildman–Crippen MR) is 62.3 cm³/mol. The number of carbonyl (C=O) groups is 1. The summed E-state index contributed by atoms with van der Waals surface area (Å²) in [6, 6.07) is 3.88. The zero-order valence-electron chi connectivity index (χ0n) is 9.55. The second kappa shape index (κ2) is 3.79. The number of alkyl halides is 4. The average Bonchev–Trinajstić information content (AvgIpc) is 2.98. The van der Waals surface area contributed by atoms with Crippen LogP contribution >= 0.6 is 11.6 Å². The molecule has 1 heterocycles. The van der Waals surface area contributed by atoms with Gasteiger partial charge in [0.15, 0.2) is 0 Å². The maximum absolute atomic E-state index is 12.2. The summed E-state index contributed by atoms with van der Waals surface area (Å²) in [7, 11) is 0. The summed E-state index contributed by atoms with van der Waals surface area (Å²) in [6.07, 6.45) is -4.18. The van der Waals surface area contributed by atoms with Gasteiger partial charge < -0.3 is 10.1 Å². The monoisotopic (exact) mass is 291 g/mol. The highest BCUT2D eigenvalue weighted by Crippen LogP contribution is 2.60. The van der Waals surface area contributed by atoms with E-state index in [0.717, 1.165) is 0 Å². The molecule has 2 atom stereocenters. The maximum Gasteiger partial charge on any atom is 0.573 e. The molecule has 0 aromatic heterocycles. The number of nitrogens with one attached hydrogen (secondary N) is 1. The van der Waals surface area contributed by atoms with Crippen molar-refractivity contribution >= 4 is 23.2 Å². The molecule has 1 fully saturated rings. The first-order chi connectivity index (χ1) is 8.87. The minimum atomic E-state index is -4.74. The molecule has 1 amide bonds. The van der Waals surface area contributed by atoms with E-state index in [1.54, 1.807) is 0 Å². The molecule has 1 aromatic rings. The summed E-state index contributed by atoms with van der Waals surface area (Å²) in [6.45, 7) is 0. The molecule has 1 aliphatic heterocycles. The Balaban J connectivity index is 1.98. The van der Waals surface area contributed by atoms with Crippen LogP contribution < -0.4 is 10.1 Å². The Morgan fingerprint density at radius 3 is 2.79 bits per heavy atom. The van der Waals surface area contributed by atoms with Gasteiger partial charge in [0.05, 0.1) is 5.41 Å². The molecule has 0 saturated heterocycles. The van der Waals surface area contributed by atoms with Gasteiger partial charge in [0.2, 0.25) is 5.91 Å². The van der Waals surface area contributed by atoms with Crippen molar-refractivity contribution < 1.29 is 22.7 Å². The van der Waals surface area contributed by atoms with E-state index < -0.39 is 11.8 Å². The first kappa shape index (κ1) is 12.6. The minimum absolute atomic E-state index is 0.0310. The van der Waals surface area contributed by atoms with Crippen molar-refractivity contribution in [1.29, 1.82) is 0 Å². The number of amides is 1. The number of carbonyl (C=O) groups excluding carboxylic acids is 1. The molecule has 1 aromatic carbocycles. The van der Waals surface area contributed by atoms with Gasteiger partial charge in [-0.2, -0.15) is 0 Å². The van der Waals surface area contributed by atoms with Crippen LogP contribution in [-0.2, 0) is 10.2 Å². The summed E-state index contributed by atoms with van der Waals surface area (Å²) in [5.41, 5.74) is 0.319. The summed E-state index contributed by atoms with van der Waals surface area (Å²) in [4.78, 5) is 11.9. The van der Waals surface area contributed by atoms with Gasteiger partial charge in [-0.1, -0.05) is 0 Å². The Morgan fingerprint density at radius 2 is 2.21 bits per heavy atom. The second-order valence-corrected chi connectivity index (χ2v) is 5.04. The number of anilines is 1. The molecule has 0 unspecified atom stereocenters. The Morgan fingerprint density at radius 1 is 1.47 bits per heavy atom. The molecule has 2 aliphatic rings. The van der Waals surface area contributed by atoms with E-state index in [-0.39, 0.29) is 17.6 Å². The molecular formula is C12H9ClF3NO2. The van der Waals surface area contributed by atoms with Crippen LogP contribution in [-0.4, -0.2) is 18.1 Å². The molecule has 1 N–H and O–H groups in total. The van der Waals surface area contributed by atoms with Gasteiger partial charge in [0, 0.05) is 11.6 Å². The third-order valence-electron chi connectivity index (χ3n) is 3.65. The van der Waals surface area contributed by atoms with Gasteiger partial charge in [-0.25, -0.2) is 0 Å². The van der Waals surface area contributed by atoms with E-state index >= 15 is 0 Å². The van der Waals surface area contributed by atoms with Crippen molar-refractivity contribution in [3.05, 3.63) is 23.8 Å². The smallest absolute Gasteiger partial charge is 0.406 e. The van der Waals surface area contributed by atoms with Crippen molar-refractivity contribution in [3.63, 3.8) is 0 Å². The molecule has 0 radical (unpaired) electrons. The van der Waals surface area contributed by atoms with E-state index in [2.05, 4.69) is 10.1 Å². The fourth-order valence-electron chi connectivity index (χ4n) is 2.68. The lowest BCUT2D eigenvalue weighted by Gasteiger charge is -2.12. The number of hydrogen-bond donors (Lipinski definition) is 1. The molecule has 1 saturated carbocycles. The van der Waals surface area contributed by atoms with Crippen LogP contribution in [0, 0.1) is 5.92 Å². The fraction of sp³-hybridized carbons (Fsp3) is 0.417. The maximum atomic E-state index is 12.2. The normalized spacial score (nSPS) is 28.2. The van der Waals surface area contributed by atoms with E-state index in [1.807, 2.05) is 0 Å². The van der Waals surface area contributed by atoms with Crippen molar-refractivity contribution in [2.24, 2.45) is 5.92 Å². The zero-order chi connectivity index (χ0) is 13.8. The Hall–Kier alpha value is -1.43. The Kier molecular flexibility index (Phi) is 2.51. The van der Waals surface area contributed by atoms with Gasteiger partial charge in [-0.05, 0) is 36.1 Å². The van der Waals surface area contributed by atoms with E-state index in [1.165, 1.54) is 18.2 Å². The highest BCUT2D eigenvalue weighted by molar-refractivity contribution is 6.19. The van der Waals surface area contributed by atoms with E-state index in [0.29, 0.717) is 23.6 Å². The van der Waals surface area contributed by atoms with E-state index in [9.17, 15) is 18.0 Å². The first-order valence-electron chi connectivity index (χ1n) is 5.64. The van der Waals surface area contributed by atoms with Crippen LogP contribution in [0.2, 0.25) is 0 Å². The number of halogens is 4. The van der Waals surface area contributed by atoms with Gasteiger partial charge in [0.1, 0.15) is 5.75 Å². The summed E-state index contributed by atoms with van der Waals surface area (Å²) in [5, 5.41) is 2.67. The van der Waals surface area contributed by atoms with Crippen LogP contribution in [0.4, 0.5) is 18.9 Å². The summed E-state index contributed by atoms with van der Waals surface area (Å²) < 4.78 is 40.5. The average molecular weight is 292 g/mol. The van der Waals surface area contributed by atoms with Crippen LogP contribution in [0.25, 0.3) is 0 Å². The van der Waals surface area contributed by atoms with Gasteiger partial charge in [0.25, 0.3) is 0 Å². The molecule has 3 nitrogen and oxygen atoms in total. The zero-order valence-corrected chi connectivity index (χ0v) is 10.3. The molecule has 7 heteroatoms. The highest BCUT2D eigenvalue weighted by Gasteiger charge is 2.64. The van der Waals surface area contributed by atoms with Crippen molar-refractivity contribution in [2.75, 3.05) is 11.2 Å². The quantitative estimate of drug-likeness (QED) is 0.851. The van der Waals surface area contributed by atoms with Crippen LogP contribution in [0.5, 0.6) is 5.75 Å². The van der Waals surface area contributed by atoms with Crippen LogP contribution in [0.15, 0.2) is 18.2 Å². The SMILES string of the molecule is O=C1Nc2ccc(OC(F)(F)F)cc2[C@]12C[C@@H]2CCl. The number of ether oxygens (including phenoxy) is 1. The third-order valence-corrected chi connectivity index (χ3v) is 4.02. The molecule has 1 aliphatic carbocycles. The van der Waals surface area contributed by atoms with Gasteiger partial charge in [-0.3, -0.25) is 4.79 Å². The number of rotatable bonds is 2. The second-order valence-electron chi connectivity index (χ2n) is 4.74. The van der Waals surface area contributed by atoms with Crippen molar-refractivity contribution in [2.45, 2.75) is 18.2 Å². The largest absolute Gasteiger partial charge is 0.573 e. The summed E-state index contributed by atoms with van der Waals surface area (Å²) in [5.74, 6) is -0.242. The van der Waals surface area contributed by atoms with Gasteiger partial charge >= 0.3 is 6.36 Å². The molecule has 102 valence electrons. The molecular weight excluding hydrogens is 283 g/mol. The highest BCUT2D eigenvalue weighted by atomic mass is 35.5. The predicted octanol–water partition coefficient (Wildman–Crippen LogP) is 3.03. The molecule has 0 bridgehead atoms. The first-order valence-corrected chi connectivity index (χ1v) is 6.18. The van der Waals surface area contributed by atoms with E-state index in [4.69, 9.17) is 11.6 Å². The third kappa shape index (κ3) is 1.85. The van der Waals surface area contributed by atoms with Crippen molar-refractivity contribution in [1.82, 2.24) is 0 Å². The Labute approximate surface area is 111 Å². The lowest BCUT2D eigenvalue weighted by atomic mass is 9.95. The molecule has 1 spiro atoms. The standard InChI is InChI=1S/C12H9ClF3NO2/c13-5-6-4-11(6)8-3-7(19-12(14,15)16)1-2-9(8)17-10(11)18/h1-3,6H,4-5H2,(H,17,18)/t6-,11-/m1/s1. The van der Waals surface area contributed by atoms with Crippen molar-refractivity contribution in [3.8, 4) is 5.75 Å². The number of benzene rings is 1. The number of hydrogen-bond acceptors (Lipinski definition) is 2. The molecule has 3 rings (SSSR count). The summed E-state index contributed by atoms with van der Waals surface area (Å²) >= 11 is 5.76. The minimum Gasteiger partial charge on any atom is -0.406 e. The fourth-order valence-corrected chi connectivity index (χ4v) is 3.05. The topological polar surface area (TPSA) is 38.3 Å². The number of fused-ring (bicyclic) bond motifs is 2. The van der Waals surface area contributed by atoms with Crippen LogP contribution in [0.3, 0.4) is 0 Å². The lowest BCUT2D eigenvalue weighted by molar-refractivity contribution is -0.274. The van der Waals surface area contributed by atoms with Gasteiger partial charge in [-0.15, -0.1) is 24.8 Å². The Bertz CT molecular complexity index is 560. The lowest BCUT2D eigenvalue weighted by Crippen LogP contribution is -2.22. The van der Waals surface area contributed by atoms with Crippen LogP contribution in [0.1, 0.15) is 12.0 Å². The molecule has 19 heavy (non-hydrogen) atoms.